The van der Waals surface area contributed by atoms with Crippen LogP contribution in [0.4, 0.5) is 0 Å². The maximum absolute atomic E-state index is 6.04. The third kappa shape index (κ3) is 2.37. The molecule has 0 spiro atoms. The molecular formula is C17H19NO2. The lowest BCUT2D eigenvalue weighted by atomic mass is 10.0. The fraction of sp³-hybridized carbons (Fsp3) is 0.294. The Morgan fingerprint density at radius 2 is 2.05 bits per heavy atom. The molecule has 20 heavy (non-hydrogen) atoms. The standard InChI is InChI=1S/C17H19NO2/c1-12-5-4-6-13(9-18)17(12)20-11-14-10-19-16-8-3-2-7-15(14)16/h2-8,14H,9-11,18H2,1H3. The van der Waals surface area contributed by atoms with Gasteiger partial charge in [0.1, 0.15) is 11.5 Å². The molecule has 1 atom stereocenters. The van der Waals surface area contributed by atoms with Gasteiger partial charge in [0, 0.05) is 17.7 Å². The van der Waals surface area contributed by atoms with Gasteiger partial charge in [0.25, 0.3) is 0 Å². The molecule has 3 rings (SSSR count). The van der Waals surface area contributed by atoms with E-state index in [0.717, 1.165) is 22.6 Å². The Kier molecular flexibility index (Phi) is 3.61. The van der Waals surface area contributed by atoms with Crippen LogP contribution in [0.2, 0.25) is 0 Å². The molecule has 3 nitrogen and oxygen atoms in total. The predicted octanol–water partition coefficient (Wildman–Crippen LogP) is 3.01. The highest BCUT2D eigenvalue weighted by Crippen LogP contribution is 2.34. The normalized spacial score (nSPS) is 16.6. The van der Waals surface area contributed by atoms with Crippen LogP contribution in [0.3, 0.4) is 0 Å². The molecule has 0 aliphatic carbocycles. The Bertz CT molecular complexity index is 610. The summed E-state index contributed by atoms with van der Waals surface area (Å²) in [7, 11) is 0. The average molecular weight is 269 g/mol. The van der Waals surface area contributed by atoms with E-state index in [1.807, 2.05) is 43.3 Å². The van der Waals surface area contributed by atoms with E-state index in [-0.39, 0.29) is 5.92 Å². The van der Waals surface area contributed by atoms with Crippen LogP contribution in [0.15, 0.2) is 42.5 Å². The second-order valence-electron chi connectivity index (χ2n) is 5.12. The van der Waals surface area contributed by atoms with Gasteiger partial charge in [0.2, 0.25) is 0 Å². The van der Waals surface area contributed by atoms with Crippen molar-refractivity contribution in [2.45, 2.75) is 19.4 Å². The van der Waals surface area contributed by atoms with E-state index in [0.29, 0.717) is 19.8 Å². The van der Waals surface area contributed by atoms with Crippen molar-refractivity contribution in [3.63, 3.8) is 0 Å². The van der Waals surface area contributed by atoms with E-state index in [9.17, 15) is 0 Å². The van der Waals surface area contributed by atoms with Crippen LogP contribution in [0.25, 0.3) is 0 Å². The summed E-state index contributed by atoms with van der Waals surface area (Å²) in [6.07, 6.45) is 0. The summed E-state index contributed by atoms with van der Waals surface area (Å²) >= 11 is 0. The quantitative estimate of drug-likeness (QED) is 0.928. The molecule has 0 aromatic heterocycles. The monoisotopic (exact) mass is 269 g/mol. The zero-order valence-electron chi connectivity index (χ0n) is 11.6. The minimum atomic E-state index is 0.288. The molecule has 3 heteroatoms. The largest absolute Gasteiger partial charge is 0.493 e. The number of rotatable bonds is 4. The highest BCUT2D eigenvalue weighted by Gasteiger charge is 2.24. The van der Waals surface area contributed by atoms with Gasteiger partial charge >= 0.3 is 0 Å². The van der Waals surface area contributed by atoms with E-state index >= 15 is 0 Å². The molecule has 104 valence electrons. The van der Waals surface area contributed by atoms with Crippen molar-refractivity contribution in [1.82, 2.24) is 0 Å². The van der Waals surface area contributed by atoms with Crippen molar-refractivity contribution in [2.75, 3.05) is 13.2 Å². The number of para-hydroxylation sites is 2. The van der Waals surface area contributed by atoms with Crippen molar-refractivity contribution in [1.29, 1.82) is 0 Å². The van der Waals surface area contributed by atoms with Crippen molar-refractivity contribution in [2.24, 2.45) is 5.73 Å². The third-order valence-corrected chi connectivity index (χ3v) is 3.74. The molecule has 0 fully saturated rings. The van der Waals surface area contributed by atoms with Crippen LogP contribution in [-0.2, 0) is 6.54 Å². The number of hydrogen-bond donors (Lipinski definition) is 1. The number of ether oxygens (including phenoxy) is 2. The molecule has 2 aromatic rings. The van der Waals surface area contributed by atoms with Crippen LogP contribution in [0.1, 0.15) is 22.6 Å². The van der Waals surface area contributed by atoms with Gasteiger partial charge in [0.15, 0.2) is 0 Å². The van der Waals surface area contributed by atoms with Crippen molar-refractivity contribution in [3.8, 4) is 11.5 Å². The average Bonchev–Trinajstić information content (AvgIpc) is 2.89. The topological polar surface area (TPSA) is 44.5 Å². The Morgan fingerprint density at radius 1 is 1.20 bits per heavy atom. The predicted molar refractivity (Wildman–Crippen MR) is 79.2 cm³/mol. The summed E-state index contributed by atoms with van der Waals surface area (Å²) in [4.78, 5) is 0. The number of nitrogens with two attached hydrogens (primary N) is 1. The fourth-order valence-corrected chi connectivity index (χ4v) is 2.63. The van der Waals surface area contributed by atoms with E-state index in [2.05, 4.69) is 6.07 Å². The Morgan fingerprint density at radius 3 is 2.90 bits per heavy atom. The Hall–Kier alpha value is -2.00. The number of fused-ring (bicyclic) bond motifs is 1. The number of hydrogen-bond acceptors (Lipinski definition) is 3. The van der Waals surface area contributed by atoms with Gasteiger partial charge in [0.05, 0.1) is 19.1 Å². The van der Waals surface area contributed by atoms with E-state index in [1.165, 1.54) is 5.56 Å². The van der Waals surface area contributed by atoms with Gasteiger partial charge in [-0.2, -0.15) is 0 Å². The van der Waals surface area contributed by atoms with Gasteiger partial charge < -0.3 is 15.2 Å². The molecule has 0 saturated heterocycles. The summed E-state index contributed by atoms with van der Waals surface area (Å²) in [5.41, 5.74) is 9.19. The van der Waals surface area contributed by atoms with Crippen molar-refractivity contribution in [3.05, 3.63) is 59.2 Å². The maximum Gasteiger partial charge on any atom is 0.126 e. The lowest BCUT2D eigenvalue weighted by Crippen LogP contribution is -2.13. The van der Waals surface area contributed by atoms with Gasteiger partial charge in [-0.05, 0) is 18.6 Å². The molecule has 0 saturated carbocycles. The first-order valence-electron chi connectivity index (χ1n) is 6.92. The molecule has 0 bridgehead atoms. The smallest absolute Gasteiger partial charge is 0.126 e. The molecule has 1 heterocycles. The Balaban J connectivity index is 1.75. The number of aryl methyl sites for hydroxylation is 1. The van der Waals surface area contributed by atoms with Gasteiger partial charge in [-0.25, -0.2) is 0 Å². The second-order valence-corrected chi connectivity index (χ2v) is 5.12. The molecule has 2 N–H and O–H groups in total. The summed E-state index contributed by atoms with van der Waals surface area (Å²) in [5.74, 6) is 2.18. The van der Waals surface area contributed by atoms with Crippen LogP contribution < -0.4 is 15.2 Å². The maximum atomic E-state index is 6.04. The zero-order chi connectivity index (χ0) is 13.9. The summed E-state index contributed by atoms with van der Waals surface area (Å²) in [5, 5.41) is 0. The number of benzene rings is 2. The van der Waals surface area contributed by atoms with Gasteiger partial charge in [-0.1, -0.05) is 36.4 Å². The van der Waals surface area contributed by atoms with Crippen LogP contribution in [0, 0.1) is 6.92 Å². The first-order chi connectivity index (χ1) is 9.79. The van der Waals surface area contributed by atoms with Crippen molar-refractivity contribution < 1.29 is 9.47 Å². The summed E-state index contributed by atoms with van der Waals surface area (Å²) in [6, 6.07) is 14.2. The minimum absolute atomic E-state index is 0.288. The Labute approximate surface area is 119 Å². The van der Waals surface area contributed by atoms with Crippen LogP contribution in [-0.4, -0.2) is 13.2 Å². The first-order valence-corrected chi connectivity index (χ1v) is 6.92. The second kappa shape index (κ2) is 5.55. The van der Waals surface area contributed by atoms with Gasteiger partial charge in [-0.3, -0.25) is 0 Å². The fourth-order valence-electron chi connectivity index (χ4n) is 2.63. The summed E-state index contributed by atoms with van der Waals surface area (Å²) < 4.78 is 11.7. The van der Waals surface area contributed by atoms with E-state index in [1.54, 1.807) is 0 Å². The molecule has 1 aliphatic heterocycles. The lowest BCUT2D eigenvalue weighted by molar-refractivity contribution is 0.246. The minimum Gasteiger partial charge on any atom is -0.493 e. The van der Waals surface area contributed by atoms with E-state index in [4.69, 9.17) is 15.2 Å². The third-order valence-electron chi connectivity index (χ3n) is 3.74. The molecular weight excluding hydrogens is 250 g/mol. The molecule has 2 aromatic carbocycles. The van der Waals surface area contributed by atoms with Crippen LogP contribution >= 0.6 is 0 Å². The molecule has 1 unspecified atom stereocenters. The SMILES string of the molecule is Cc1cccc(CN)c1OCC1COc2ccccc21. The van der Waals surface area contributed by atoms with Crippen LogP contribution in [0.5, 0.6) is 11.5 Å². The van der Waals surface area contributed by atoms with Gasteiger partial charge in [-0.15, -0.1) is 0 Å². The lowest BCUT2D eigenvalue weighted by Gasteiger charge is -2.16. The van der Waals surface area contributed by atoms with E-state index < -0.39 is 0 Å². The summed E-state index contributed by atoms with van der Waals surface area (Å²) in [6.45, 7) is 3.85. The first kappa shape index (κ1) is 13.0. The molecule has 1 aliphatic rings. The molecule has 0 radical (unpaired) electrons. The highest BCUT2D eigenvalue weighted by atomic mass is 16.5. The highest BCUT2D eigenvalue weighted by molar-refractivity contribution is 5.42. The zero-order valence-corrected chi connectivity index (χ0v) is 11.6. The van der Waals surface area contributed by atoms with Crippen molar-refractivity contribution >= 4 is 0 Å². The molecule has 0 amide bonds.